The standard InChI is InChI=1S/C16H21N5O2S/c22-15(12-21-5-1-3-18-21)20-9-7-19(8-10-20)6-4-17-16(23)14-2-11-24-13-14/h1-3,5,11,13H,4,6-10,12H2,(H,17,23). The first-order valence-corrected chi connectivity index (χ1v) is 8.94. The second-order valence-corrected chi connectivity index (χ2v) is 6.47. The van der Waals surface area contributed by atoms with Gasteiger partial charge in [0.1, 0.15) is 6.54 Å². The van der Waals surface area contributed by atoms with Gasteiger partial charge in [-0.3, -0.25) is 19.2 Å². The monoisotopic (exact) mass is 347 g/mol. The second-order valence-electron chi connectivity index (χ2n) is 5.69. The van der Waals surface area contributed by atoms with Crippen LogP contribution in [0.25, 0.3) is 0 Å². The van der Waals surface area contributed by atoms with Crippen LogP contribution >= 0.6 is 11.3 Å². The van der Waals surface area contributed by atoms with E-state index in [1.807, 2.05) is 27.8 Å². The van der Waals surface area contributed by atoms with Crippen molar-refractivity contribution >= 4 is 23.2 Å². The first kappa shape index (κ1) is 16.7. The van der Waals surface area contributed by atoms with Crippen molar-refractivity contribution in [3.8, 4) is 0 Å². The van der Waals surface area contributed by atoms with Crippen molar-refractivity contribution < 1.29 is 9.59 Å². The van der Waals surface area contributed by atoms with Gasteiger partial charge in [-0.25, -0.2) is 0 Å². The number of hydrogen-bond donors (Lipinski definition) is 1. The van der Waals surface area contributed by atoms with Crippen molar-refractivity contribution in [2.75, 3.05) is 39.3 Å². The van der Waals surface area contributed by atoms with E-state index in [0.29, 0.717) is 18.7 Å². The predicted octanol–water partition coefficient (Wildman–Crippen LogP) is 0.519. The average molecular weight is 347 g/mol. The number of rotatable bonds is 6. The molecule has 0 bridgehead atoms. The lowest BCUT2D eigenvalue weighted by Crippen LogP contribution is -2.51. The van der Waals surface area contributed by atoms with Gasteiger partial charge >= 0.3 is 0 Å². The molecule has 2 aromatic rings. The minimum atomic E-state index is -0.0238. The fourth-order valence-electron chi connectivity index (χ4n) is 2.68. The zero-order valence-electron chi connectivity index (χ0n) is 13.4. The highest BCUT2D eigenvalue weighted by Crippen LogP contribution is 2.06. The molecular weight excluding hydrogens is 326 g/mol. The average Bonchev–Trinajstić information content (AvgIpc) is 3.29. The van der Waals surface area contributed by atoms with E-state index in [0.717, 1.165) is 32.7 Å². The van der Waals surface area contributed by atoms with Crippen LogP contribution in [-0.2, 0) is 11.3 Å². The summed E-state index contributed by atoms with van der Waals surface area (Å²) in [6.45, 7) is 4.83. The summed E-state index contributed by atoms with van der Waals surface area (Å²) in [5.74, 6) is 0.0772. The van der Waals surface area contributed by atoms with Gasteiger partial charge in [-0.1, -0.05) is 0 Å². The molecule has 1 fully saturated rings. The molecule has 1 aliphatic heterocycles. The van der Waals surface area contributed by atoms with Crippen LogP contribution in [0.4, 0.5) is 0 Å². The number of hydrogen-bond acceptors (Lipinski definition) is 5. The molecule has 128 valence electrons. The van der Waals surface area contributed by atoms with Crippen LogP contribution in [-0.4, -0.2) is 70.7 Å². The van der Waals surface area contributed by atoms with Crippen molar-refractivity contribution in [1.29, 1.82) is 0 Å². The van der Waals surface area contributed by atoms with Gasteiger partial charge < -0.3 is 10.2 Å². The molecule has 0 aromatic carbocycles. The summed E-state index contributed by atoms with van der Waals surface area (Å²) in [6, 6.07) is 3.64. The number of thiophene rings is 1. The number of aromatic nitrogens is 2. The molecule has 0 spiro atoms. The van der Waals surface area contributed by atoms with Crippen LogP contribution in [0.3, 0.4) is 0 Å². The van der Waals surface area contributed by atoms with Crippen LogP contribution in [0.5, 0.6) is 0 Å². The molecule has 1 saturated heterocycles. The van der Waals surface area contributed by atoms with Gasteiger partial charge in [0.2, 0.25) is 5.91 Å². The number of nitrogens with one attached hydrogen (secondary N) is 1. The zero-order valence-corrected chi connectivity index (χ0v) is 14.2. The van der Waals surface area contributed by atoms with Gasteiger partial charge in [0.05, 0.1) is 0 Å². The molecule has 24 heavy (non-hydrogen) atoms. The Morgan fingerprint density at radius 2 is 2.08 bits per heavy atom. The molecule has 0 saturated carbocycles. The smallest absolute Gasteiger partial charge is 0.252 e. The van der Waals surface area contributed by atoms with Gasteiger partial charge in [0.15, 0.2) is 0 Å². The van der Waals surface area contributed by atoms with E-state index in [-0.39, 0.29) is 11.8 Å². The molecule has 3 rings (SSSR count). The van der Waals surface area contributed by atoms with E-state index in [1.165, 1.54) is 11.3 Å². The molecule has 0 unspecified atom stereocenters. The van der Waals surface area contributed by atoms with E-state index in [4.69, 9.17) is 0 Å². The largest absolute Gasteiger partial charge is 0.351 e. The van der Waals surface area contributed by atoms with E-state index in [2.05, 4.69) is 15.3 Å². The van der Waals surface area contributed by atoms with Crippen LogP contribution < -0.4 is 5.32 Å². The Morgan fingerprint density at radius 1 is 1.25 bits per heavy atom. The molecule has 2 aromatic heterocycles. The highest BCUT2D eigenvalue weighted by atomic mass is 32.1. The molecule has 3 heterocycles. The van der Waals surface area contributed by atoms with Gasteiger partial charge in [-0.05, 0) is 17.5 Å². The highest BCUT2D eigenvalue weighted by molar-refractivity contribution is 7.08. The summed E-state index contributed by atoms with van der Waals surface area (Å²) in [7, 11) is 0. The number of amides is 2. The van der Waals surface area contributed by atoms with E-state index in [1.54, 1.807) is 17.1 Å². The molecular formula is C16H21N5O2S. The summed E-state index contributed by atoms with van der Waals surface area (Å²) in [5.41, 5.74) is 0.717. The lowest BCUT2D eigenvalue weighted by atomic mass is 10.3. The maximum Gasteiger partial charge on any atom is 0.252 e. The molecule has 0 atom stereocenters. The zero-order chi connectivity index (χ0) is 16.8. The maximum atomic E-state index is 12.2. The fourth-order valence-corrected chi connectivity index (χ4v) is 3.31. The number of carbonyl (C=O) groups is 2. The first-order valence-electron chi connectivity index (χ1n) is 8.00. The summed E-state index contributed by atoms with van der Waals surface area (Å²) in [6.07, 6.45) is 3.47. The molecule has 1 aliphatic rings. The lowest BCUT2D eigenvalue weighted by molar-refractivity contribution is -0.133. The summed E-state index contributed by atoms with van der Waals surface area (Å²) in [4.78, 5) is 28.2. The molecule has 2 amide bonds. The first-order chi connectivity index (χ1) is 11.7. The third-order valence-corrected chi connectivity index (χ3v) is 4.76. The number of piperazine rings is 1. The Morgan fingerprint density at radius 3 is 2.75 bits per heavy atom. The summed E-state index contributed by atoms with van der Waals surface area (Å²) >= 11 is 1.52. The quantitative estimate of drug-likeness (QED) is 0.827. The molecule has 0 radical (unpaired) electrons. The van der Waals surface area contributed by atoms with Gasteiger partial charge in [-0.15, -0.1) is 0 Å². The SMILES string of the molecule is O=C(NCCN1CCN(C(=O)Cn2cccn2)CC1)c1ccsc1. The molecule has 0 aliphatic carbocycles. The Labute approximate surface area is 144 Å². The van der Waals surface area contributed by atoms with Crippen LogP contribution in [0.15, 0.2) is 35.3 Å². The van der Waals surface area contributed by atoms with Crippen molar-refractivity contribution in [1.82, 2.24) is 24.9 Å². The topological polar surface area (TPSA) is 70.5 Å². The Hall–Kier alpha value is -2.19. The lowest BCUT2D eigenvalue weighted by Gasteiger charge is -2.34. The van der Waals surface area contributed by atoms with Crippen LogP contribution in [0.1, 0.15) is 10.4 Å². The number of nitrogens with zero attached hydrogens (tertiary/aromatic N) is 4. The van der Waals surface area contributed by atoms with Gasteiger partial charge in [-0.2, -0.15) is 16.4 Å². The molecule has 7 nitrogen and oxygen atoms in total. The molecule has 1 N–H and O–H groups in total. The maximum absolute atomic E-state index is 12.2. The number of carbonyl (C=O) groups excluding carboxylic acids is 2. The van der Waals surface area contributed by atoms with E-state index >= 15 is 0 Å². The minimum Gasteiger partial charge on any atom is -0.351 e. The van der Waals surface area contributed by atoms with E-state index < -0.39 is 0 Å². The van der Waals surface area contributed by atoms with Gasteiger partial charge in [0, 0.05) is 62.6 Å². The third kappa shape index (κ3) is 4.42. The van der Waals surface area contributed by atoms with Gasteiger partial charge in [0.25, 0.3) is 5.91 Å². The van der Waals surface area contributed by atoms with Crippen LogP contribution in [0.2, 0.25) is 0 Å². The van der Waals surface area contributed by atoms with Crippen molar-refractivity contribution in [3.63, 3.8) is 0 Å². The van der Waals surface area contributed by atoms with Crippen molar-refractivity contribution in [3.05, 3.63) is 40.8 Å². The van der Waals surface area contributed by atoms with E-state index in [9.17, 15) is 9.59 Å². The molecule has 8 heteroatoms. The third-order valence-electron chi connectivity index (χ3n) is 4.08. The normalized spacial score (nSPS) is 15.4. The Balaban J connectivity index is 1.34. The van der Waals surface area contributed by atoms with Crippen molar-refractivity contribution in [2.45, 2.75) is 6.54 Å². The second kappa shape index (κ2) is 8.07. The predicted molar refractivity (Wildman–Crippen MR) is 91.9 cm³/mol. The van der Waals surface area contributed by atoms with Crippen LogP contribution in [0, 0.1) is 0 Å². The Bertz CT molecular complexity index is 648. The fraction of sp³-hybridized carbons (Fsp3) is 0.438. The highest BCUT2D eigenvalue weighted by Gasteiger charge is 2.21. The minimum absolute atomic E-state index is 0.0238. The van der Waals surface area contributed by atoms with Crippen molar-refractivity contribution in [2.24, 2.45) is 0 Å². The Kier molecular flexibility index (Phi) is 5.60. The summed E-state index contributed by atoms with van der Waals surface area (Å²) < 4.78 is 1.65. The summed E-state index contributed by atoms with van der Waals surface area (Å²) in [5, 5.41) is 10.7.